The van der Waals surface area contributed by atoms with Crippen LogP contribution in [-0.2, 0) is 11.8 Å². The van der Waals surface area contributed by atoms with Gasteiger partial charge in [-0.2, -0.15) is 5.10 Å². The van der Waals surface area contributed by atoms with E-state index < -0.39 is 0 Å². The molecular formula is C18H30N6O3. The first-order chi connectivity index (χ1) is 12.8. The second-order valence-electron chi connectivity index (χ2n) is 8.15. The van der Waals surface area contributed by atoms with Crippen molar-refractivity contribution in [3.05, 3.63) is 15.8 Å². The zero-order valence-electron chi connectivity index (χ0n) is 16.7. The number of hydrogen-bond donors (Lipinski definition) is 0. The minimum atomic E-state index is -0.355. The number of aryl methyl sites for hydroxylation is 2. The molecule has 2 aliphatic rings. The molecule has 2 saturated heterocycles. The molecule has 3 heterocycles. The Bertz CT molecular complexity index is 700. The van der Waals surface area contributed by atoms with Crippen LogP contribution in [0.25, 0.3) is 0 Å². The lowest BCUT2D eigenvalue weighted by Crippen LogP contribution is -2.52. The molecule has 0 aliphatic carbocycles. The number of piperidine rings is 1. The highest BCUT2D eigenvalue weighted by molar-refractivity contribution is 5.78. The highest BCUT2D eigenvalue weighted by Gasteiger charge is 2.32. The molecule has 0 spiro atoms. The molecule has 1 aromatic rings. The van der Waals surface area contributed by atoms with Crippen LogP contribution in [-0.4, -0.2) is 76.2 Å². The molecular weight excluding hydrogens is 348 g/mol. The predicted octanol–water partition coefficient (Wildman–Crippen LogP) is 1.26. The molecule has 2 atom stereocenters. The van der Waals surface area contributed by atoms with E-state index in [0.717, 1.165) is 13.1 Å². The van der Waals surface area contributed by atoms with Crippen LogP contribution in [0.3, 0.4) is 0 Å². The Hall–Kier alpha value is -2.16. The fourth-order valence-corrected chi connectivity index (χ4v) is 4.48. The zero-order valence-corrected chi connectivity index (χ0v) is 16.7. The number of likely N-dealkylation sites (tertiary alicyclic amines) is 1. The van der Waals surface area contributed by atoms with Crippen LogP contribution < -0.4 is 4.90 Å². The third-order valence-corrected chi connectivity index (χ3v) is 5.60. The number of amides is 1. The number of hydrogen-bond acceptors (Lipinski definition) is 6. The van der Waals surface area contributed by atoms with E-state index in [-0.39, 0.29) is 16.5 Å². The van der Waals surface area contributed by atoms with Gasteiger partial charge in [-0.25, -0.2) is 4.68 Å². The fourth-order valence-electron chi connectivity index (χ4n) is 4.48. The van der Waals surface area contributed by atoms with Gasteiger partial charge in [-0.3, -0.25) is 19.8 Å². The Morgan fingerprint density at radius 3 is 2.33 bits per heavy atom. The monoisotopic (exact) mass is 378 g/mol. The van der Waals surface area contributed by atoms with Crippen LogP contribution in [0.1, 0.15) is 26.0 Å². The van der Waals surface area contributed by atoms with E-state index in [9.17, 15) is 14.9 Å². The first kappa shape index (κ1) is 19.6. The Morgan fingerprint density at radius 2 is 1.78 bits per heavy atom. The van der Waals surface area contributed by atoms with Crippen molar-refractivity contribution in [1.82, 2.24) is 19.6 Å². The first-order valence-electron chi connectivity index (χ1n) is 9.69. The van der Waals surface area contributed by atoms with Crippen molar-refractivity contribution < 1.29 is 9.72 Å². The van der Waals surface area contributed by atoms with E-state index in [4.69, 9.17) is 0 Å². The van der Waals surface area contributed by atoms with Crippen molar-refractivity contribution in [2.24, 2.45) is 18.9 Å². The Kier molecular flexibility index (Phi) is 5.69. The van der Waals surface area contributed by atoms with Crippen LogP contribution in [0.4, 0.5) is 11.5 Å². The Morgan fingerprint density at radius 1 is 1.19 bits per heavy atom. The van der Waals surface area contributed by atoms with E-state index in [2.05, 4.69) is 23.8 Å². The van der Waals surface area contributed by atoms with Gasteiger partial charge in [0.1, 0.15) is 5.69 Å². The summed E-state index contributed by atoms with van der Waals surface area (Å²) >= 11 is 0. The summed E-state index contributed by atoms with van der Waals surface area (Å²) in [6.45, 7) is 10.9. The molecule has 2 aliphatic heterocycles. The van der Waals surface area contributed by atoms with Crippen LogP contribution in [0.2, 0.25) is 0 Å². The fraction of sp³-hybridized carbons (Fsp3) is 0.778. The smallest absolute Gasteiger partial charge is 0.333 e. The molecule has 150 valence electrons. The highest BCUT2D eigenvalue weighted by atomic mass is 16.6. The second-order valence-corrected chi connectivity index (χ2v) is 8.15. The van der Waals surface area contributed by atoms with Gasteiger partial charge in [-0.05, 0) is 25.2 Å². The van der Waals surface area contributed by atoms with Crippen LogP contribution in [0.15, 0.2) is 0 Å². The minimum Gasteiger partial charge on any atom is -0.349 e. The molecule has 0 bridgehead atoms. The molecule has 2 unspecified atom stereocenters. The number of carbonyl (C=O) groups excluding carboxylic acids is 1. The number of anilines is 1. The normalized spacial score (nSPS) is 24.3. The lowest BCUT2D eigenvalue weighted by molar-refractivity contribution is -0.384. The Labute approximate surface area is 160 Å². The number of nitro groups is 1. The predicted molar refractivity (Wildman–Crippen MR) is 103 cm³/mol. The zero-order chi connectivity index (χ0) is 19.7. The lowest BCUT2D eigenvalue weighted by Gasteiger charge is -2.38. The number of rotatable bonds is 4. The van der Waals surface area contributed by atoms with Gasteiger partial charge in [-0.15, -0.1) is 0 Å². The number of nitrogens with zero attached hydrogens (tertiary/aromatic N) is 6. The maximum absolute atomic E-state index is 12.7. The minimum absolute atomic E-state index is 0.0818. The summed E-state index contributed by atoms with van der Waals surface area (Å²) in [4.78, 5) is 29.9. The van der Waals surface area contributed by atoms with E-state index in [0.29, 0.717) is 56.1 Å². The van der Waals surface area contributed by atoms with Gasteiger partial charge < -0.3 is 9.80 Å². The molecule has 0 aromatic carbocycles. The summed E-state index contributed by atoms with van der Waals surface area (Å²) in [5, 5.41) is 15.6. The van der Waals surface area contributed by atoms with Crippen molar-refractivity contribution in [1.29, 1.82) is 0 Å². The molecule has 9 nitrogen and oxygen atoms in total. The van der Waals surface area contributed by atoms with Crippen molar-refractivity contribution in [3.63, 3.8) is 0 Å². The maximum Gasteiger partial charge on any atom is 0.333 e. The standard InChI is InChI=1S/C18H30N6O3/c1-13-9-14(2)11-23(10-13)16(25)12-21-5-7-22(8-6-21)18-17(24(26)27)15(3)19-20(18)4/h13-14H,5-12H2,1-4H3. The summed E-state index contributed by atoms with van der Waals surface area (Å²) in [6.07, 6.45) is 1.19. The van der Waals surface area contributed by atoms with Gasteiger partial charge in [0.05, 0.1) is 11.5 Å². The van der Waals surface area contributed by atoms with Crippen molar-refractivity contribution in [2.45, 2.75) is 27.2 Å². The molecule has 27 heavy (non-hydrogen) atoms. The summed E-state index contributed by atoms with van der Waals surface area (Å²) in [6, 6.07) is 0. The third kappa shape index (κ3) is 4.23. The van der Waals surface area contributed by atoms with E-state index in [1.807, 2.05) is 9.80 Å². The molecule has 3 rings (SSSR count). The van der Waals surface area contributed by atoms with Crippen molar-refractivity contribution >= 4 is 17.4 Å². The highest BCUT2D eigenvalue weighted by Crippen LogP contribution is 2.31. The van der Waals surface area contributed by atoms with Gasteiger partial charge in [0.15, 0.2) is 0 Å². The molecule has 0 radical (unpaired) electrons. The number of carbonyl (C=O) groups is 1. The second kappa shape index (κ2) is 7.84. The Balaban J connectivity index is 1.58. The van der Waals surface area contributed by atoms with Crippen LogP contribution in [0, 0.1) is 28.9 Å². The van der Waals surface area contributed by atoms with E-state index in [1.54, 1.807) is 18.7 Å². The molecule has 0 N–H and O–H groups in total. The van der Waals surface area contributed by atoms with Gasteiger partial charge >= 0.3 is 5.69 Å². The van der Waals surface area contributed by atoms with Crippen molar-refractivity contribution in [2.75, 3.05) is 50.7 Å². The van der Waals surface area contributed by atoms with Gasteiger partial charge in [-0.1, -0.05) is 13.8 Å². The number of aromatic nitrogens is 2. The SMILES string of the molecule is Cc1nn(C)c(N2CCN(CC(=O)N3CC(C)CC(C)C3)CC2)c1[N+](=O)[O-]. The molecule has 1 aromatic heterocycles. The van der Waals surface area contributed by atoms with Crippen LogP contribution in [0.5, 0.6) is 0 Å². The molecule has 2 fully saturated rings. The lowest BCUT2D eigenvalue weighted by atomic mass is 9.92. The average molecular weight is 378 g/mol. The van der Waals surface area contributed by atoms with Gasteiger partial charge in [0.25, 0.3) is 0 Å². The largest absolute Gasteiger partial charge is 0.349 e. The summed E-state index contributed by atoms with van der Waals surface area (Å²) in [5.74, 6) is 1.87. The maximum atomic E-state index is 12.7. The molecule has 9 heteroatoms. The van der Waals surface area contributed by atoms with E-state index in [1.165, 1.54) is 6.42 Å². The summed E-state index contributed by atoms with van der Waals surface area (Å²) in [5.41, 5.74) is 0.516. The van der Waals surface area contributed by atoms with E-state index >= 15 is 0 Å². The summed E-state index contributed by atoms with van der Waals surface area (Å²) in [7, 11) is 1.74. The quantitative estimate of drug-likeness (QED) is 0.579. The van der Waals surface area contributed by atoms with Gasteiger partial charge in [0.2, 0.25) is 11.7 Å². The number of piperazine rings is 1. The topological polar surface area (TPSA) is 87.8 Å². The third-order valence-electron chi connectivity index (χ3n) is 5.60. The first-order valence-corrected chi connectivity index (χ1v) is 9.69. The van der Waals surface area contributed by atoms with Crippen molar-refractivity contribution in [3.8, 4) is 0 Å². The summed E-state index contributed by atoms with van der Waals surface area (Å²) < 4.78 is 1.59. The molecule has 0 saturated carbocycles. The molecule has 1 amide bonds. The average Bonchev–Trinajstić information content (AvgIpc) is 2.89. The van der Waals surface area contributed by atoms with Gasteiger partial charge in [0, 0.05) is 46.3 Å². The van der Waals surface area contributed by atoms with Crippen LogP contribution >= 0.6 is 0 Å².